The van der Waals surface area contributed by atoms with Gasteiger partial charge in [-0.25, -0.2) is 29.9 Å². The molecule has 0 N–H and O–H groups in total. The number of hydrogen-bond acceptors (Lipinski definition) is 8. The molecule has 94 heavy (non-hydrogen) atoms. The molecule has 8 nitrogen and oxygen atoms in total. The summed E-state index contributed by atoms with van der Waals surface area (Å²) in [4.78, 5) is 30.4. The lowest BCUT2D eigenvalue weighted by molar-refractivity contribution is 1.07. The van der Waals surface area contributed by atoms with Crippen molar-refractivity contribution >= 4 is 107 Å². The maximum Gasteiger partial charge on any atom is 0.164 e. The molecule has 6 aromatic heterocycles. The molecule has 440 valence electrons. The van der Waals surface area contributed by atoms with Gasteiger partial charge in [-0.05, 0) is 83.9 Å². The zero-order valence-electron chi connectivity index (χ0n) is 50.4. The summed E-state index contributed by atoms with van der Waals surface area (Å²) in [5.41, 5.74) is 14.8. The van der Waals surface area contributed by atoms with Crippen LogP contribution >= 0.6 is 22.7 Å². The molecule has 19 aromatic rings. The number of rotatable bonds is 9. The van der Waals surface area contributed by atoms with Gasteiger partial charge in [-0.3, -0.25) is 0 Å². The van der Waals surface area contributed by atoms with E-state index in [1.165, 1.54) is 78.5 Å². The van der Waals surface area contributed by atoms with Gasteiger partial charge in [-0.1, -0.05) is 243 Å². The fraction of sp³-hybridized carbons (Fsp3) is 0. The second kappa shape index (κ2) is 23.0. The Balaban J connectivity index is 0.000000139. The summed E-state index contributed by atoms with van der Waals surface area (Å²) < 4.78 is 9.64. The number of fused-ring (bicyclic) bond motifs is 12. The van der Waals surface area contributed by atoms with E-state index >= 15 is 0 Å². The van der Waals surface area contributed by atoms with Gasteiger partial charge in [0.05, 0.1) is 22.1 Å². The highest BCUT2D eigenvalue weighted by Crippen LogP contribution is 2.40. The van der Waals surface area contributed by atoms with E-state index in [9.17, 15) is 0 Å². The summed E-state index contributed by atoms with van der Waals surface area (Å²) in [7, 11) is 0. The molecule has 0 spiro atoms. The summed E-state index contributed by atoms with van der Waals surface area (Å²) in [6.07, 6.45) is 0. The number of para-hydroxylation sites is 4. The molecule has 0 saturated carbocycles. The van der Waals surface area contributed by atoms with Crippen molar-refractivity contribution in [1.29, 1.82) is 0 Å². The lowest BCUT2D eigenvalue weighted by Gasteiger charge is -2.12. The van der Waals surface area contributed by atoms with Gasteiger partial charge in [0.1, 0.15) is 0 Å². The molecule has 0 atom stereocenters. The van der Waals surface area contributed by atoms with Crippen LogP contribution in [0.4, 0.5) is 0 Å². The van der Waals surface area contributed by atoms with Crippen molar-refractivity contribution < 1.29 is 0 Å². The van der Waals surface area contributed by atoms with Crippen molar-refractivity contribution in [2.45, 2.75) is 0 Å². The molecule has 6 heterocycles. The van der Waals surface area contributed by atoms with Crippen LogP contribution in [0.15, 0.2) is 315 Å². The third kappa shape index (κ3) is 9.75. The minimum absolute atomic E-state index is 0.635. The van der Waals surface area contributed by atoms with Crippen LogP contribution in [0.1, 0.15) is 0 Å². The Morgan fingerprint density at radius 1 is 0.181 bits per heavy atom. The molecule has 10 heteroatoms. The number of hydrogen-bond donors (Lipinski definition) is 0. The van der Waals surface area contributed by atoms with E-state index < -0.39 is 0 Å². The second-order valence-corrected chi connectivity index (χ2v) is 25.5. The summed E-state index contributed by atoms with van der Waals surface area (Å²) in [5.74, 6) is 3.89. The Bertz CT molecular complexity index is 6020. The van der Waals surface area contributed by atoms with Crippen LogP contribution in [0.5, 0.6) is 0 Å². The van der Waals surface area contributed by atoms with Crippen LogP contribution in [-0.4, -0.2) is 39.0 Å². The fourth-order valence-corrected chi connectivity index (χ4v) is 15.5. The highest BCUT2D eigenvalue weighted by molar-refractivity contribution is 7.26. The van der Waals surface area contributed by atoms with Crippen LogP contribution in [-0.2, 0) is 0 Å². The molecule has 0 fully saturated rings. The van der Waals surface area contributed by atoms with Gasteiger partial charge >= 0.3 is 0 Å². The van der Waals surface area contributed by atoms with Crippen LogP contribution in [0, 0.1) is 0 Å². The smallest absolute Gasteiger partial charge is 0.164 e. The SMILES string of the molecule is c1ccc(-c2ccc(-c3nc(-c4cccc(-n5c6ccccc6c6ccccc65)c4)nc(-c4ccc5c(c4)sc4ccccc45)n3)cc2)cc1.c1ccc(-c2nc(-c3cccc(-n4c5ccccc5c5ccccc54)c3)nc(-c3ccc4c(c3)sc3ccccc34)n2)cc1. The number of benzene rings is 13. The average molecular weight is 1240 g/mol. The van der Waals surface area contributed by atoms with Gasteiger partial charge in [0, 0.05) is 107 Å². The van der Waals surface area contributed by atoms with Crippen LogP contribution in [0.25, 0.3) is 175 Å². The first kappa shape index (κ1) is 54.8. The van der Waals surface area contributed by atoms with Crippen molar-refractivity contribution in [2.75, 3.05) is 0 Å². The summed E-state index contributed by atoms with van der Waals surface area (Å²) in [6, 6.07) is 111. The number of nitrogens with zero attached hydrogens (tertiary/aromatic N) is 8. The van der Waals surface area contributed by atoms with E-state index in [-0.39, 0.29) is 0 Å². The van der Waals surface area contributed by atoms with Crippen molar-refractivity contribution in [3.63, 3.8) is 0 Å². The Kier molecular flexibility index (Phi) is 13.4. The molecular formula is C84H52N8S2. The Morgan fingerprint density at radius 3 is 0.851 bits per heavy atom. The second-order valence-electron chi connectivity index (χ2n) is 23.4. The van der Waals surface area contributed by atoms with Crippen molar-refractivity contribution in [3.05, 3.63) is 315 Å². The highest BCUT2D eigenvalue weighted by Gasteiger charge is 2.20. The Labute approximate surface area is 548 Å². The van der Waals surface area contributed by atoms with Crippen LogP contribution in [0.3, 0.4) is 0 Å². The van der Waals surface area contributed by atoms with Crippen molar-refractivity contribution in [1.82, 2.24) is 39.0 Å². The Morgan fingerprint density at radius 2 is 0.447 bits per heavy atom. The number of aromatic nitrogens is 8. The lowest BCUT2D eigenvalue weighted by Crippen LogP contribution is -2.01. The van der Waals surface area contributed by atoms with E-state index in [2.05, 4.69) is 288 Å². The van der Waals surface area contributed by atoms with Gasteiger partial charge in [-0.15, -0.1) is 22.7 Å². The topological polar surface area (TPSA) is 87.2 Å². The number of thiophene rings is 2. The predicted molar refractivity (Wildman–Crippen MR) is 392 cm³/mol. The summed E-state index contributed by atoms with van der Waals surface area (Å²) in [5, 5.41) is 9.99. The third-order valence-corrected chi connectivity index (χ3v) is 20.0. The largest absolute Gasteiger partial charge is 0.309 e. The average Bonchev–Trinajstić information content (AvgIpc) is 1.59. The molecule has 0 aliphatic carbocycles. The normalized spacial score (nSPS) is 11.6. The van der Waals surface area contributed by atoms with E-state index in [1.807, 2.05) is 36.4 Å². The summed E-state index contributed by atoms with van der Waals surface area (Å²) >= 11 is 3.60. The standard InChI is InChI=1S/C45H28N4S.C39H24N4S/c1-2-11-29(12-3-1)30-21-23-31(24-22-30)43-46-44(48-45(47-43)33-25-26-38-37-17-6-9-20-41(37)50-42(38)28-33)32-13-10-14-34(27-32)49-39-18-7-4-15-35(39)36-16-5-8-19-40(36)49;1-2-11-25(12-3-1)37-40-38(42-39(41-37)27-21-22-32-31-17-6-9-20-35(31)44-36(32)24-27)26-13-10-14-28(23-26)43-33-18-7-4-15-29(33)30-16-5-8-19-34(30)43/h1-28H;1-24H. The molecule has 0 aliphatic heterocycles. The quantitative estimate of drug-likeness (QED) is 0.143. The van der Waals surface area contributed by atoms with E-state index in [0.29, 0.717) is 34.9 Å². The minimum Gasteiger partial charge on any atom is -0.309 e. The molecule has 13 aromatic carbocycles. The summed E-state index contributed by atoms with van der Waals surface area (Å²) in [6.45, 7) is 0. The minimum atomic E-state index is 0.635. The first-order valence-electron chi connectivity index (χ1n) is 31.3. The first-order valence-corrected chi connectivity index (χ1v) is 33.0. The van der Waals surface area contributed by atoms with Gasteiger partial charge in [0.25, 0.3) is 0 Å². The van der Waals surface area contributed by atoms with E-state index in [1.54, 1.807) is 22.7 Å². The molecule has 19 rings (SSSR count). The third-order valence-electron chi connectivity index (χ3n) is 17.7. The van der Waals surface area contributed by atoms with Gasteiger partial charge in [0.15, 0.2) is 34.9 Å². The fourth-order valence-electron chi connectivity index (χ4n) is 13.3. The van der Waals surface area contributed by atoms with Crippen LogP contribution in [0.2, 0.25) is 0 Å². The molecule has 0 aliphatic rings. The van der Waals surface area contributed by atoms with E-state index in [0.717, 1.165) is 61.4 Å². The molecule has 0 amide bonds. The van der Waals surface area contributed by atoms with Crippen molar-refractivity contribution in [2.24, 2.45) is 0 Å². The van der Waals surface area contributed by atoms with Crippen LogP contribution < -0.4 is 0 Å². The zero-order chi connectivity index (χ0) is 62.1. The van der Waals surface area contributed by atoms with Gasteiger partial charge in [0.2, 0.25) is 0 Å². The maximum atomic E-state index is 5.15. The zero-order valence-corrected chi connectivity index (χ0v) is 52.0. The predicted octanol–water partition coefficient (Wildman–Crippen LogP) is 22.3. The maximum absolute atomic E-state index is 5.15. The molecule has 0 unspecified atom stereocenters. The molecule has 0 radical (unpaired) electrons. The monoisotopic (exact) mass is 1240 g/mol. The molecular weight excluding hydrogens is 1190 g/mol. The molecule has 0 saturated heterocycles. The van der Waals surface area contributed by atoms with Gasteiger partial charge in [-0.2, -0.15) is 0 Å². The highest BCUT2D eigenvalue weighted by atomic mass is 32.1. The van der Waals surface area contributed by atoms with Crippen molar-refractivity contribution in [3.8, 4) is 90.8 Å². The lowest BCUT2D eigenvalue weighted by atomic mass is 10.0. The molecule has 0 bridgehead atoms. The van der Waals surface area contributed by atoms with Gasteiger partial charge < -0.3 is 9.13 Å². The first-order chi connectivity index (χ1) is 46.6. The Hall–Kier alpha value is -12.1. The van der Waals surface area contributed by atoms with E-state index in [4.69, 9.17) is 29.9 Å².